The smallest absolute Gasteiger partial charge is 0.268 e. The van der Waals surface area contributed by atoms with Crippen molar-refractivity contribution in [3.05, 3.63) is 78.7 Å². The van der Waals surface area contributed by atoms with Gasteiger partial charge in [-0.3, -0.25) is 9.59 Å². The van der Waals surface area contributed by atoms with Gasteiger partial charge in [-0.05, 0) is 29.8 Å². The largest absolute Gasteiger partial charge is 0.495 e. The Bertz CT molecular complexity index is 1160. The van der Waals surface area contributed by atoms with Crippen molar-refractivity contribution in [1.29, 1.82) is 0 Å². The SMILES string of the molecule is COc1ccccc1NC(=O)/C=c1\s/c(=C\c2ccccc2Cl)c(=O)n1C. The number of rotatable bonds is 4. The number of para-hydroxylation sites is 2. The standard InChI is InChI=1S/C20H17ClN2O3S/c1-23-19(12-18(24)22-15-9-5-6-10-16(15)26-2)27-17(20(23)25)11-13-7-3-4-8-14(13)21/h3-12H,1-2H3,(H,22,24)/b17-11-,19-12-. The normalized spacial score (nSPS) is 12.3. The Morgan fingerprint density at radius 2 is 1.89 bits per heavy atom. The summed E-state index contributed by atoms with van der Waals surface area (Å²) < 4.78 is 7.70. The summed E-state index contributed by atoms with van der Waals surface area (Å²) in [7, 11) is 3.17. The molecule has 7 heteroatoms. The average molecular weight is 401 g/mol. The molecule has 27 heavy (non-hydrogen) atoms. The first-order valence-electron chi connectivity index (χ1n) is 8.07. The Kier molecular flexibility index (Phi) is 5.78. The van der Waals surface area contributed by atoms with Crippen LogP contribution >= 0.6 is 22.9 Å². The van der Waals surface area contributed by atoms with Gasteiger partial charge in [0.2, 0.25) is 0 Å². The van der Waals surface area contributed by atoms with Crippen LogP contribution in [0.15, 0.2) is 53.3 Å². The number of nitrogens with one attached hydrogen (secondary N) is 1. The van der Waals surface area contributed by atoms with E-state index in [2.05, 4.69) is 5.32 Å². The lowest BCUT2D eigenvalue weighted by molar-refractivity contribution is -0.110. The van der Waals surface area contributed by atoms with E-state index < -0.39 is 0 Å². The molecule has 1 N–H and O–H groups in total. The number of thiazole rings is 1. The first kappa shape index (κ1) is 18.9. The second-order valence-electron chi connectivity index (χ2n) is 5.67. The van der Waals surface area contributed by atoms with Crippen LogP contribution in [0.5, 0.6) is 5.75 Å². The Morgan fingerprint density at radius 1 is 1.19 bits per heavy atom. The molecule has 1 amide bonds. The number of carbonyl (C=O) groups excluding carboxylic acids is 1. The van der Waals surface area contributed by atoms with Gasteiger partial charge in [-0.25, -0.2) is 0 Å². The van der Waals surface area contributed by atoms with Gasteiger partial charge < -0.3 is 14.6 Å². The maximum atomic E-state index is 12.5. The first-order valence-corrected chi connectivity index (χ1v) is 9.27. The van der Waals surface area contributed by atoms with Crippen LogP contribution in [0.3, 0.4) is 0 Å². The van der Waals surface area contributed by atoms with Crippen LogP contribution in [-0.4, -0.2) is 17.6 Å². The van der Waals surface area contributed by atoms with E-state index in [1.54, 1.807) is 37.4 Å². The van der Waals surface area contributed by atoms with Gasteiger partial charge in [0, 0.05) is 18.1 Å². The van der Waals surface area contributed by atoms with Crippen molar-refractivity contribution in [2.75, 3.05) is 12.4 Å². The summed E-state index contributed by atoms with van der Waals surface area (Å²) in [6.07, 6.45) is 3.12. The number of methoxy groups -OCH3 is 1. The van der Waals surface area contributed by atoms with E-state index in [4.69, 9.17) is 16.3 Å². The van der Waals surface area contributed by atoms with Gasteiger partial charge in [-0.15, -0.1) is 11.3 Å². The Balaban J connectivity index is 1.97. The van der Waals surface area contributed by atoms with Crippen LogP contribution in [0.4, 0.5) is 5.69 Å². The van der Waals surface area contributed by atoms with E-state index in [1.165, 1.54) is 29.1 Å². The molecule has 0 saturated carbocycles. The monoisotopic (exact) mass is 400 g/mol. The summed E-state index contributed by atoms with van der Waals surface area (Å²) in [5, 5.41) is 3.33. The summed E-state index contributed by atoms with van der Waals surface area (Å²) in [6.45, 7) is 0. The van der Waals surface area contributed by atoms with Crippen molar-refractivity contribution < 1.29 is 9.53 Å². The third kappa shape index (κ3) is 4.30. The predicted molar refractivity (Wildman–Crippen MR) is 110 cm³/mol. The summed E-state index contributed by atoms with van der Waals surface area (Å²) >= 11 is 7.38. The molecule has 3 aromatic rings. The molecule has 0 fully saturated rings. The molecule has 0 atom stereocenters. The highest BCUT2D eigenvalue weighted by molar-refractivity contribution is 7.07. The molecule has 1 aromatic heterocycles. The first-order chi connectivity index (χ1) is 13.0. The maximum absolute atomic E-state index is 12.5. The number of hydrogen-bond donors (Lipinski definition) is 1. The molecular formula is C20H17ClN2O3S. The van der Waals surface area contributed by atoms with Crippen molar-refractivity contribution in [3.63, 3.8) is 0 Å². The fourth-order valence-electron chi connectivity index (χ4n) is 2.47. The van der Waals surface area contributed by atoms with Crippen molar-refractivity contribution in [3.8, 4) is 5.75 Å². The number of halogens is 1. The molecule has 0 aliphatic heterocycles. The summed E-state index contributed by atoms with van der Waals surface area (Å²) in [5.74, 6) is 0.215. The number of aromatic nitrogens is 1. The van der Waals surface area contributed by atoms with E-state index >= 15 is 0 Å². The van der Waals surface area contributed by atoms with Gasteiger partial charge in [-0.1, -0.05) is 41.9 Å². The molecule has 0 spiro atoms. The zero-order valence-corrected chi connectivity index (χ0v) is 16.3. The zero-order valence-electron chi connectivity index (χ0n) is 14.7. The topological polar surface area (TPSA) is 60.3 Å². The minimum Gasteiger partial charge on any atom is -0.495 e. The molecule has 5 nitrogen and oxygen atoms in total. The number of amides is 1. The molecule has 1 heterocycles. The van der Waals surface area contributed by atoms with E-state index in [0.29, 0.717) is 25.7 Å². The Labute approximate surface area is 164 Å². The minimum absolute atomic E-state index is 0.184. The number of ether oxygens (including phenoxy) is 1. The zero-order chi connectivity index (χ0) is 19.4. The lowest BCUT2D eigenvalue weighted by Gasteiger charge is -2.07. The van der Waals surface area contributed by atoms with Crippen molar-refractivity contribution in [1.82, 2.24) is 4.57 Å². The van der Waals surface area contributed by atoms with Gasteiger partial charge in [0.25, 0.3) is 11.5 Å². The van der Waals surface area contributed by atoms with Crippen LogP contribution in [0.25, 0.3) is 12.2 Å². The summed E-state index contributed by atoms with van der Waals surface area (Å²) in [6, 6.07) is 14.4. The highest BCUT2D eigenvalue weighted by atomic mass is 35.5. The molecule has 0 aliphatic carbocycles. The predicted octanol–water partition coefficient (Wildman–Crippen LogP) is 2.36. The van der Waals surface area contributed by atoms with E-state index in [1.807, 2.05) is 24.3 Å². The lowest BCUT2D eigenvalue weighted by Crippen LogP contribution is -2.29. The highest BCUT2D eigenvalue weighted by Gasteiger charge is 2.07. The van der Waals surface area contributed by atoms with Gasteiger partial charge >= 0.3 is 0 Å². The van der Waals surface area contributed by atoms with Gasteiger partial charge in [0.05, 0.1) is 17.3 Å². The number of nitrogens with zero attached hydrogens (tertiary/aromatic N) is 1. The molecule has 138 valence electrons. The fourth-order valence-corrected chi connectivity index (χ4v) is 3.68. The average Bonchev–Trinajstić information content (AvgIpc) is 2.92. The van der Waals surface area contributed by atoms with Crippen molar-refractivity contribution in [2.45, 2.75) is 0 Å². The molecule has 0 radical (unpaired) electrons. The second kappa shape index (κ2) is 8.24. The molecule has 0 aliphatic rings. The lowest BCUT2D eigenvalue weighted by atomic mass is 10.2. The molecule has 0 unspecified atom stereocenters. The summed E-state index contributed by atoms with van der Waals surface area (Å²) in [5.41, 5.74) is 1.13. The van der Waals surface area contributed by atoms with Crippen LogP contribution in [0.2, 0.25) is 5.02 Å². The highest BCUT2D eigenvalue weighted by Crippen LogP contribution is 2.22. The number of hydrogen-bond acceptors (Lipinski definition) is 4. The van der Waals surface area contributed by atoms with E-state index in [9.17, 15) is 9.59 Å². The van der Waals surface area contributed by atoms with Crippen molar-refractivity contribution in [2.24, 2.45) is 7.05 Å². The maximum Gasteiger partial charge on any atom is 0.268 e. The molecule has 2 aromatic carbocycles. The Morgan fingerprint density at radius 3 is 2.63 bits per heavy atom. The molecule has 0 bridgehead atoms. The van der Waals surface area contributed by atoms with Crippen molar-refractivity contribution >= 4 is 46.7 Å². The quantitative estimate of drug-likeness (QED) is 0.731. The van der Waals surface area contributed by atoms with Gasteiger partial charge in [-0.2, -0.15) is 0 Å². The summed E-state index contributed by atoms with van der Waals surface area (Å²) in [4.78, 5) is 24.8. The minimum atomic E-state index is -0.347. The third-order valence-corrected chi connectivity index (χ3v) is 5.33. The third-order valence-electron chi connectivity index (χ3n) is 3.87. The van der Waals surface area contributed by atoms with E-state index in [-0.39, 0.29) is 11.5 Å². The number of benzene rings is 2. The van der Waals surface area contributed by atoms with Crippen LogP contribution in [0, 0.1) is 0 Å². The fraction of sp³-hybridized carbons (Fsp3) is 0.100. The molecular weight excluding hydrogens is 384 g/mol. The van der Waals surface area contributed by atoms with Crippen LogP contribution < -0.4 is 24.8 Å². The van der Waals surface area contributed by atoms with Gasteiger partial charge in [0.15, 0.2) is 0 Å². The van der Waals surface area contributed by atoms with Crippen LogP contribution in [-0.2, 0) is 11.8 Å². The number of anilines is 1. The molecule has 3 rings (SSSR count). The Hall–Kier alpha value is -2.83. The van der Waals surface area contributed by atoms with E-state index in [0.717, 1.165) is 5.56 Å². The van der Waals surface area contributed by atoms with Gasteiger partial charge in [0.1, 0.15) is 10.4 Å². The second-order valence-corrected chi connectivity index (χ2v) is 7.14. The van der Waals surface area contributed by atoms with Crippen LogP contribution in [0.1, 0.15) is 5.56 Å². The molecule has 0 saturated heterocycles. The number of carbonyl (C=O) groups is 1.